The van der Waals surface area contributed by atoms with Gasteiger partial charge in [-0.2, -0.15) is 9.19 Å². The molecule has 1 aromatic heterocycles. The molecule has 0 aliphatic carbocycles. The van der Waals surface area contributed by atoms with Gasteiger partial charge in [0.25, 0.3) is 10.0 Å². The Bertz CT molecular complexity index is 518. The highest BCUT2D eigenvalue weighted by Gasteiger charge is 2.31. The molecule has 1 aliphatic heterocycles. The van der Waals surface area contributed by atoms with E-state index in [1.165, 1.54) is 6.20 Å². The SMILES string of the molecule is CS(=O)(=O)n1ncc2c1CN[C@@H]2C(N)=O. The van der Waals surface area contributed by atoms with Crippen LogP contribution in [0.25, 0.3) is 0 Å². The lowest BCUT2D eigenvalue weighted by atomic mass is 10.1. The van der Waals surface area contributed by atoms with Gasteiger partial charge < -0.3 is 5.73 Å². The number of nitrogens with two attached hydrogens (primary N) is 1. The predicted molar refractivity (Wildman–Crippen MR) is 51.2 cm³/mol. The Labute approximate surface area is 86.3 Å². The van der Waals surface area contributed by atoms with Gasteiger partial charge in [-0.15, -0.1) is 0 Å². The number of carbonyl (C=O) groups excluding carboxylic acids is 1. The quantitative estimate of drug-likeness (QED) is 0.631. The van der Waals surface area contributed by atoms with Crippen molar-refractivity contribution in [2.75, 3.05) is 6.26 Å². The fourth-order valence-corrected chi connectivity index (χ4v) is 2.42. The summed E-state index contributed by atoms with van der Waals surface area (Å²) in [6.07, 6.45) is 2.41. The average molecular weight is 230 g/mol. The van der Waals surface area contributed by atoms with Crippen LogP contribution in [-0.2, 0) is 21.4 Å². The van der Waals surface area contributed by atoms with Crippen molar-refractivity contribution < 1.29 is 13.2 Å². The summed E-state index contributed by atoms with van der Waals surface area (Å²) >= 11 is 0. The fraction of sp³-hybridized carbons (Fsp3) is 0.429. The van der Waals surface area contributed by atoms with Gasteiger partial charge in [0.1, 0.15) is 6.04 Å². The Morgan fingerprint density at radius 1 is 1.73 bits per heavy atom. The van der Waals surface area contributed by atoms with Crippen molar-refractivity contribution >= 4 is 15.9 Å². The van der Waals surface area contributed by atoms with Crippen molar-refractivity contribution in [1.29, 1.82) is 0 Å². The van der Waals surface area contributed by atoms with Crippen LogP contribution in [0, 0.1) is 0 Å². The van der Waals surface area contributed by atoms with E-state index in [4.69, 9.17) is 5.73 Å². The number of carbonyl (C=O) groups is 1. The first-order valence-electron chi connectivity index (χ1n) is 4.21. The highest BCUT2D eigenvalue weighted by Crippen LogP contribution is 2.25. The molecule has 1 aliphatic rings. The number of rotatable bonds is 2. The van der Waals surface area contributed by atoms with Crippen molar-refractivity contribution in [3.8, 4) is 0 Å². The first-order chi connectivity index (χ1) is 6.91. The lowest BCUT2D eigenvalue weighted by molar-refractivity contribution is -0.119. The highest BCUT2D eigenvalue weighted by atomic mass is 32.2. The van der Waals surface area contributed by atoms with E-state index in [9.17, 15) is 13.2 Å². The molecule has 0 radical (unpaired) electrons. The van der Waals surface area contributed by atoms with Gasteiger partial charge in [-0.05, 0) is 0 Å². The molecule has 3 N–H and O–H groups in total. The minimum absolute atomic E-state index is 0.274. The zero-order valence-corrected chi connectivity index (χ0v) is 8.78. The number of nitrogens with one attached hydrogen (secondary N) is 1. The molecule has 0 saturated heterocycles. The molecule has 0 spiro atoms. The molecule has 82 valence electrons. The topological polar surface area (TPSA) is 107 Å². The van der Waals surface area contributed by atoms with Gasteiger partial charge in [-0.25, -0.2) is 8.42 Å². The second kappa shape index (κ2) is 3.04. The third-order valence-corrected chi connectivity index (χ3v) is 3.19. The number of aromatic nitrogens is 2. The Balaban J connectivity index is 2.53. The number of nitrogens with zero attached hydrogens (tertiary/aromatic N) is 2. The largest absolute Gasteiger partial charge is 0.368 e. The number of primary amides is 1. The summed E-state index contributed by atoms with van der Waals surface area (Å²) in [6, 6.07) is -0.643. The molecule has 7 nitrogen and oxygen atoms in total. The zero-order valence-electron chi connectivity index (χ0n) is 7.97. The van der Waals surface area contributed by atoms with E-state index >= 15 is 0 Å². The van der Waals surface area contributed by atoms with Crippen molar-refractivity contribution in [2.45, 2.75) is 12.6 Å². The van der Waals surface area contributed by atoms with E-state index in [1.54, 1.807) is 0 Å². The van der Waals surface area contributed by atoms with Crippen molar-refractivity contribution in [1.82, 2.24) is 14.5 Å². The zero-order chi connectivity index (χ0) is 11.2. The normalized spacial score (nSPS) is 20.2. The van der Waals surface area contributed by atoms with E-state index in [2.05, 4.69) is 10.4 Å². The first-order valence-corrected chi connectivity index (χ1v) is 6.06. The maximum Gasteiger partial charge on any atom is 0.251 e. The third-order valence-electron chi connectivity index (χ3n) is 2.25. The Morgan fingerprint density at radius 3 is 2.93 bits per heavy atom. The van der Waals surface area contributed by atoms with Crippen LogP contribution in [-0.4, -0.2) is 29.8 Å². The van der Waals surface area contributed by atoms with Crippen molar-refractivity contribution in [3.63, 3.8) is 0 Å². The Kier molecular flexibility index (Phi) is 2.05. The van der Waals surface area contributed by atoms with E-state index in [0.29, 0.717) is 11.3 Å². The summed E-state index contributed by atoms with van der Waals surface area (Å²) in [6.45, 7) is 0.274. The maximum atomic E-state index is 11.3. The lowest BCUT2D eigenvalue weighted by Crippen LogP contribution is -2.28. The van der Waals surface area contributed by atoms with Gasteiger partial charge in [0, 0.05) is 12.1 Å². The van der Waals surface area contributed by atoms with E-state index < -0.39 is 22.0 Å². The summed E-state index contributed by atoms with van der Waals surface area (Å²) < 4.78 is 23.5. The third kappa shape index (κ3) is 1.51. The predicted octanol–water partition coefficient (Wildman–Crippen LogP) is -1.68. The summed E-state index contributed by atoms with van der Waals surface area (Å²) in [7, 11) is -3.42. The first kappa shape index (κ1) is 10.1. The number of hydrogen-bond donors (Lipinski definition) is 2. The molecule has 2 heterocycles. The van der Waals surface area contributed by atoms with Crippen LogP contribution in [0.2, 0.25) is 0 Å². The average Bonchev–Trinajstić information content (AvgIpc) is 2.56. The molecule has 0 unspecified atom stereocenters. The van der Waals surface area contributed by atoms with Gasteiger partial charge in [0.05, 0.1) is 18.1 Å². The number of amides is 1. The molecule has 15 heavy (non-hydrogen) atoms. The molecule has 0 aromatic carbocycles. The van der Waals surface area contributed by atoms with Crippen LogP contribution in [0.5, 0.6) is 0 Å². The van der Waals surface area contributed by atoms with Gasteiger partial charge in [0.15, 0.2) is 0 Å². The van der Waals surface area contributed by atoms with Gasteiger partial charge in [-0.3, -0.25) is 10.1 Å². The Hall–Kier alpha value is -1.41. The van der Waals surface area contributed by atoms with Crippen LogP contribution >= 0.6 is 0 Å². The van der Waals surface area contributed by atoms with E-state index in [1.807, 2.05) is 0 Å². The summed E-state index contributed by atoms with van der Waals surface area (Å²) in [5, 5.41) is 6.54. The summed E-state index contributed by atoms with van der Waals surface area (Å²) in [5.74, 6) is -0.540. The Morgan fingerprint density at radius 2 is 2.40 bits per heavy atom. The van der Waals surface area contributed by atoms with Crippen LogP contribution in [0.4, 0.5) is 0 Å². The van der Waals surface area contributed by atoms with Crippen molar-refractivity contribution in [2.24, 2.45) is 5.73 Å². The van der Waals surface area contributed by atoms with Crippen LogP contribution < -0.4 is 11.1 Å². The minimum Gasteiger partial charge on any atom is -0.368 e. The molecule has 0 fully saturated rings. The van der Waals surface area contributed by atoms with Crippen LogP contribution in [0.1, 0.15) is 17.3 Å². The molecule has 2 rings (SSSR count). The monoisotopic (exact) mass is 230 g/mol. The van der Waals surface area contributed by atoms with Crippen LogP contribution in [0.15, 0.2) is 6.20 Å². The van der Waals surface area contributed by atoms with Gasteiger partial charge in [-0.1, -0.05) is 0 Å². The second-order valence-electron chi connectivity index (χ2n) is 3.37. The molecular formula is C7H10N4O3S. The maximum absolute atomic E-state index is 11.3. The smallest absolute Gasteiger partial charge is 0.251 e. The molecular weight excluding hydrogens is 220 g/mol. The van der Waals surface area contributed by atoms with Crippen molar-refractivity contribution in [3.05, 3.63) is 17.5 Å². The summed E-state index contributed by atoms with van der Waals surface area (Å²) in [5.41, 5.74) is 6.15. The molecule has 1 aromatic rings. The molecule has 8 heteroatoms. The number of hydrogen-bond acceptors (Lipinski definition) is 5. The van der Waals surface area contributed by atoms with Gasteiger partial charge >= 0.3 is 0 Å². The van der Waals surface area contributed by atoms with E-state index in [0.717, 1.165) is 10.3 Å². The molecule has 0 saturated carbocycles. The second-order valence-corrected chi connectivity index (χ2v) is 5.18. The molecule has 1 atom stereocenters. The molecule has 0 bridgehead atoms. The highest BCUT2D eigenvalue weighted by molar-refractivity contribution is 7.89. The van der Waals surface area contributed by atoms with Crippen LogP contribution in [0.3, 0.4) is 0 Å². The minimum atomic E-state index is -3.42. The number of fused-ring (bicyclic) bond motifs is 1. The molecule has 1 amide bonds. The standard InChI is InChI=1S/C7H10N4O3S/c1-15(13,14)11-5-3-9-6(7(8)12)4(5)2-10-11/h2,6,9H,3H2,1H3,(H2,8,12)/t6-/m0/s1. The lowest BCUT2D eigenvalue weighted by Gasteiger charge is -2.03. The van der Waals surface area contributed by atoms with E-state index in [-0.39, 0.29) is 6.54 Å². The fourth-order valence-electron chi connectivity index (χ4n) is 1.63. The van der Waals surface area contributed by atoms with Gasteiger partial charge in [0.2, 0.25) is 5.91 Å². The summed E-state index contributed by atoms with van der Waals surface area (Å²) in [4.78, 5) is 11.0.